The lowest BCUT2D eigenvalue weighted by Gasteiger charge is -2.12. The Morgan fingerprint density at radius 1 is 1.50 bits per heavy atom. The van der Waals surface area contributed by atoms with Gasteiger partial charge in [0.25, 0.3) is 0 Å². The molecule has 0 aliphatic heterocycles. The van der Waals surface area contributed by atoms with Gasteiger partial charge in [0.15, 0.2) is 0 Å². The van der Waals surface area contributed by atoms with Crippen molar-refractivity contribution in [1.29, 1.82) is 0 Å². The van der Waals surface area contributed by atoms with Gasteiger partial charge in [0.1, 0.15) is 0 Å². The molecule has 2 rings (SSSR count). The molecule has 1 aromatic rings. The molecule has 0 radical (unpaired) electrons. The van der Waals surface area contributed by atoms with Gasteiger partial charge in [-0.25, -0.2) is 0 Å². The molecule has 3 N–H and O–H groups in total. The fourth-order valence-electron chi connectivity index (χ4n) is 2.02. The topological polar surface area (TPSA) is 89.1 Å². The first-order valence-electron chi connectivity index (χ1n) is 5.47. The van der Waals surface area contributed by atoms with E-state index in [0.717, 1.165) is 30.7 Å². The van der Waals surface area contributed by atoms with Crippen molar-refractivity contribution in [3.63, 3.8) is 0 Å². The molecule has 1 atom stereocenters. The van der Waals surface area contributed by atoms with Crippen molar-refractivity contribution >= 4 is 5.97 Å². The summed E-state index contributed by atoms with van der Waals surface area (Å²) in [6.07, 6.45) is 4.70. The van der Waals surface area contributed by atoms with Gasteiger partial charge in [-0.3, -0.25) is 14.8 Å². The number of carboxylic acids is 1. The van der Waals surface area contributed by atoms with Crippen LogP contribution >= 0.6 is 0 Å². The molecule has 1 unspecified atom stereocenters. The number of aromatic nitrogens is 2. The minimum atomic E-state index is -0.849. The number of aliphatic carboxylic acids is 1. The Balaban J connectivity index is 2.21. The molecule has 5 heteroatoms. The van der Waals surface area contributed by atoms with E-state index in [9.17, 15) is 4.79 Å². The Morgan fingerprint density at radius 3 is 2.94 bits per heavy atom. The Bertz CT molecular complexity index is 406. The molecule has 5 nitrogen and oxygen atoms in total. The molecule has 0 saturated heterocycles. The maximum Gasteiger partial charge on any atom is 0.304 e. The zero-order chi connectivity index (χ0) is 11.5. The van der Waals surface area contributed by atoms with Crippen molar-refractivity contribution in [2.45, 2.75) is 31.6 Å². The van der Waals surface area contributed by atoms with E-state index in [1.165, 1.54) is 0 Å². The first-order valence-corrected chi connectivity index (χ1v) is 5.47. The second-order valence-corrected chi connectivity index (χ2v) is 4.07. The standard InChI is InChI=1S/C11H15N3O2/c12-5-7(4-11(15)16)10-6-13-8-2-1-3-9(8)14-10/h6-7H,1-5,12H2,(H,15,16). The summed E-state index contributed by atoms with van der Waals surface area (Å²) in [6.45, 7) is 0.291. The van der Waals surface area contributed by atoms with Crippen LogP contribution in [0.4, 0.5) is 0 Å². The van der Waals surface area contributed by atoms with Crippen LogP contribution < -0.4 is 5.73 Å². The van der Waals surface area contributed by atoms with Crippen molar-refractivity contribution in [2.75, 3.05) is 6.54 Å². The Kier molecular flexibility index (Phi) is 3.14. The highest BCUT2D eigenvalue weighted by Gasteiger charge is 2.19. The molecule has 0 amide bonds. The summed E-state index contributed by atoms with van der Waals surface area (Å²) in [4.78, 5) is 19.5. The Labute approximate surface area is 93.7 Å². The highest BCUT2D eigenvalue weighted by Crippen LogP contribution is 2.22. The normalized spacial score (nSPS) is 15.8. The van der Waals surface area contributed by atoms with Crippen LogP contribution in [-0.4, -0.2) is 27.6 Å². The van der Waals surface area contributed by atoms with Crippen molar-refractivity contribution < 1.29 is 9.90 Å². The van der Waals surface area contributed by atoms with Crippen LogP contribution in [-0.2, 0) is 17.6 Å². The molecule has 0 fully saturated rings. The van der Waals surface area contributed by atoms with Crippen molar-refractivity contribution in [2.24, 2.45) is 5.73 Å². The molecular formula is C11H15N3O2. The SMILES string of the molecule is NCC(CC(=O)O)c1cnc2c(n1)CCC2. The lowest BCUT2D eigenvalue weighted by Crippen LogP contribution is -2.18. The molecule has 0 spiro atoms. The van der Waals surface area contributed by atoms with Gasteiger partial charge in [-0.1, -0.05) is 0 Å². The number of hydrogen-bond donors (Lipinski definition) is 2. The predicted molar refractivity (Wildman–Crippen MR) is 58.1 cm³/mol. The highest BCUT2D eigenvalue weighted by atomic mass is 16.4. The molecule has 1 aromatic heterocycles. The minimum absolute atomic E-state index is 0.0178. The lowest BCUT2D eigenvalue weighted by atomic mass is 10.0. The number of nitrogens with two attached hydrogens (primary N) is 1. The largest absolute Gasteiger partial charge is 0.481 e. The van der Waals surface area contributed by atoms with E-state index in [1.54, 1.807) is 6.20 Å². The molecular weight excluding hydrogens is 206 g/mol. The molecule has 16 heavy (non-hydrogen) atoms. The fourth-order valence-corrected chi connectivity index (χ4v) is 2.02. The number of nitrogens with zero attached hydrogens (tertiary/aromatic N) is 2. The van der Waals surface area contributed by atoms with Gasteiger partial charge in [-0.15, -0.1) is 0 Å². The minimum Gasteiger partial charge on any atom is -0.481 e. The van der Waals surface area contributed by atoms with Crippen molar-refractivity contribution in [1.82, 2.24) is 9.97 Å². The van der Waals surface area contributed by atoms with E-state index >= 15 is 0 Å². The van der Waals surface area contributed by atoms with E-state index in [-0.39, 0.29) is 12.3 Å². The molecule has 1 aliphatic carbocycles. The second-order valence-electron chi connectivity index (χ2n) is 4.07. The summed E-state index contributed by atoms with van der Waals surface area (Å²) in [5, 5.41) is 8.77. The second kappa shape index (κ2) is 4.57. The Morgan fingerprint density at radius 2 is 2.25 bits per heavy atom. The fraction of sp³-hybridized carbons (Fsp3) is 0.545. The predicted octanol–water partition coefficient (Wildman–Crippen LogP) is 0.482. The number of rotatable bonds is 4. The maximum absolute atomic E-state index is 10.7. The third-order valence-corrected chi connectivity index (χ3v) is 2.90. The molecule has 86 valence electrons. The Hall–Kier alpha value is -1.49. The van der Waals surface area contributed by atoms with Crippen LogP contribution in [0.5, 0.6) is 0 Å². The van der Waals surface area contributed by atoms with E-state index in [2.05, 4.69) is 9.97 Å². The number of aryl methyl sites for hydroxylation is 2. The van der Waals surface area contributed by atoms with Gasteiger partial charge in [0.2, 0.25) is 0 Å². The van der Waals surface area contributed by atoms with Gasteiger partial charge in [-0.05, 0) is 19.3 Å². The molecule has 1 heterocycles. The summed E-state index contributed by atoms with van der Waals surface area (Å²) < 4.78 is 0. The molecule has 0 aromatic carbocycles. The zero-order valence-corrected chi connectivity index (χ0v) is 9.02. The van der Waals surface area contributed by atoms with Gasteiger partial charge in [-0.2, -0.15) is 0 Å². The average Bonchev–Trinajstić information content (AvgIpc) is 2.72. The van der Waals surface area contributed by atoms with Gasteiger partial charge in [0.05, 0.1) is 23.5 Å². The van der Waals surface area contributed by atoms with E-state index in [4.69, 9.17) is 10.8 Å². The highest BCUT2D eigenvalue weighted by molar-refractivity contribution is 5.67. The van der Waals surface area contributed by atoms with E-state index < -0.39 is 5.97 Å². The van der Waals surface area contributed by atoms with Crippen LogP contribution in [0, 0.1) is 0 Å². The summed E-state index contributed by atoms with van der Waals surface area (Å²) in [6, 6.07) is 0. The molecule has 0 bridgehead atoms. The number of hydrogen-bond acceptors (Lipinski definition) is 4. The first-order chi connectivity index (χ1) is 7.70. The number of carbonyl (C=O) groups is 1. The quantitative estimate of drug-likeness (QED) is 0.772. The average molecular weight is 221 g/mol. The van der Waals surface area contributed by atoms with Crippen molar-refractivity contribution in [3.8, 4) is 0 Å². The van der Waals surface area contributed by atoms with E-state index in [0.29, 0.717) is 12.2 Å². The zero-order valence-electron chi connectivity index (χ0n) is 9.02. The van der Waals surface area contributed by atoms with Crippen LogP contribution in [0.15, 0.2) is 6.20 Å². The summed E-state index contributed by atoms with van der Waals surface area (Å²) in [5.41, 5.74) is 8.35. The first kappa shape index (κ1) is 11.0. The third-order valence-electron chi connectivity index (χ3n) is 2.90. The summed E-state index contributed by atoms with van der Waals surface area (Å²) in [5.74, 6) is -1.08. The van der Waals surface area contributed by atoms with Crippen molar-refractivity contribution in [3.05, 3.63) is 23.3 Å². The molecule has 1 aliphatic rings. The third kappa shape index (κ3) is 2.19. The number of carboxylic acid groups (broad SMARTS) is 1. The smallest absolute Gasteiger partial charge is 0.304 e. The van der Waals surface area contributed by atoms with Crippen LogP contribution in [0.3, 0.4) is 0 Å². The van der Waals surface area contributed by atoms with Gasteiger partial charge in [0, 0.05) is 18.7 Å². The molecule has 0 saturated carbocycles. The van der Waals surface area contributed by atoms with Gasteiger partial charge >= 0.3 is 5.97 Å². The summed E-state index contributed by atoms with van der Waals surface area (Å²) in [7, 11) is 0. The van der Waals surface area contributed by atoms with Gasteiger partial charge < -0.3 is 10.8 Å². The van der Waals surface area contributed by atoms with Crippen LogP contribution in [0.1, 0.15) is 35.8 Å². The van der Waals surface area contributed by atoms with E-state index in [1.807, 2.05) is 0 Å². The maximum atomic E-state index is 10.7. The lowest BCUT2D eigenvalue weighted by molar-refractivity contribution is -0.137. The van der Waals surface area contributed by atoms with Crippen LogP contribution in [0.25, 0.3) is 0 Å². The monoisotopic (exact) mass is 221 g/mol. The summed E-state index contributed by atoms with van der Waals surface area (Å²) >= 11 is 0. The number of fused-ring (bicyclic) bond motifs is 1. The van der Waals surface area contributed by atoms with Crippen LogP contribution in [0.2, 0.25) is 0 Å².